The van der Waals surface area contributed by atoms with E-state index in [-0.39, 0.29) is 5.91 Å². The molecule has 6 nitrogen and oxygen atoms in total. The number of methoxy groups -OCH3 is 1. The van der Waals surface area contributed by atoms with Crippen LogP contribution in [-0.2, 0) is 13.0 Å². The van der Waals surface area contributed by atoms with Gasteiger partial charge in [0.1, 0.15) is 5.75 Å². The molecule has 0 aliphatic carbocycles. The molecular weight excluding hydrogens is 460 g/mol. The molecule has 1 aromatic heterocycles. The zero-order chi connectivity index (χ0) is 25.8. The zero-order valence-electron chi connectivity index (χ0n) is 22.3. The van der Waals surface area contributed by atoms with Crippen molar-refractivity contribution in [3.63, 3.8) is 0 Å². The van der Waals surface area contributed by atoms with Crippen LogP contribution in [0, 0.1) is 0 Å². The highest BCUT2D eigenvalue weighted by Crippen LogP contribution is 2.30. The van der Waals surface area contributed by atoms with E-state index >= 15 is 0 Å². The van der Waals surface area contributed by atoms with Gasteiger partial charge < -0.3 is 19.1 Å². The Morgan fingerprint density at radius 3 is 2.43 bits per heavy atom. The van der Waals surface area contributed by atoms with Crippen molar-refractivity contribution >= 4 is 27.7 Å². The summed E-state index contributed by atoms with van der Waals surface area (Å²) in [6.45, 7) is 6.31. The molecule has 0 saturated carbocycles. The number of ether oxygens (including phenoxy) is 1. The largest absolute Gasteiger partial charge is 0.497 e. The van der Waals surface area contributed by atoms with E-state index < -0.39 is 0 Å². The average Bonchev–Trinajstić information content (AvgIpc) is 3.24. The van der Waals surface area contributed by atoms with Crippen LogP contribution in [0.15, 0.2) is 66.7 Å². The van der Waals surface area contributed by atoms with Gasteiger partial charge in [-0.15, -0.1) is 0 Å². The topological polar surface area (TPSA) is 41.0 Å². The Hall–Kier alpha value is -3.35. The number of hydrogen-bond donors (Lipinski definition) is 0. The van der Waals surface area contributed by atoms with Gasteiger partial charge in [-0.05, 0) is 69.4 Å². The van der Waals surface area contributed by atoms with Gasteiger partial charge in [-0.1, -0.05) is 36.4 Å². The second kappa shape index (κ2) is 11.4. The van der Waals surface area contributed by atoms with E-state index in [1.165, 1.54) is 21.9 Å². The van der Waals surface area contributed by atoms with Crippen LogP contribution in [0.2, 0.25) is 0 Å². The van der Waals surface area contributed by atoms with Gasteiger partial charge in [0.2, 0.25) is 0 Å². The highest BCUT2D eigenvalue weighted by molar-refractivity contribution is 6.10. The molecule has 0 bridgehead atoms. The van der Waals surface area contributed by atoms with Crippen molar-refractivity contribution in [2.24, 2.45) is 0 Å². The molecule has 1 saturated heterocycles. The van der Waals surface area contributed by atoms with E-state index in [1.807, 2.05) is 23.1 Å². The maximum absolute atomic E-state index is 13.5. The summed E-state index contributed by atoms with van der Waals surface area (Å²) >= 11 is 0. The van der Waals surface area contributed by atoms with Gasteiger partial charge in [0.15, 0.2) is 0 Å². The third-order valence-electron chi connectivity index (χ3n) is 7.52. The number of aryl methyl sites for hydroxylation is 1. The smallest absolute Gasteiger partial charge is 0.254 e. The van der Waals surface area contributed by atoms with Gasteiger partial charge in [-0.3, -0.25) is 9.69 Å². The van der Waals surface area contributed by atoms with Gasteiger partial charge >= 0.3 is 0 Å². The van der Waals surface area contributed by atoms with Crippen LogP contribution >= 0.6 is 0 Å². The Kier molecular flexibility index (Phi) is 7.77. The second-order valence-corrected chi connectivity index (χ2v) is 10.3. The fourth-order valence-corrected chi connectivity index (χ4v) is 5.44. The number of rotatable bonds is 9. The number of amides is 1. The first-order chi connectivity index (χ1) is 18.0. The average molecular weight is 499 g/mol. The lowest BCUT2D eigenvalue weighted by Crippen LogP contribution is -2.49. The van der Waals surface area contributed by atoms with Crippen molar-refractivity contribution in [3.05, 3.63) is 77.9 Å². The molecule has 3 aromatic carbocycles. The third-order valence-corrected chi connectivity index (χ3v) is 7.52. The van der Waals surface area contributed by atoms with Crippen molar-refractivity contribution in [1.29, 1.82) is 0 Å². The number of aromatic nitrogens is 1. The molecule has 1 fully saturated rings. The first-order valence-electron chi connectivity index (χ1n) is 13.3. The Morgan fingerprint density at radius 1 is 0.865 bits per heavy atom. The molecule has 0 radical (unpaired) electrons. The Labute approximate surface area is 220 Å². The molecular formula is C31H38N4O2. The van der Waals surface area contributed by atoms with Crippen LogP contribution in [0.5, 0.6) is 5.75 Å². The number of fused-ring (bicyclic) bond motifs is 3. The molecule has 0 spiro atoms. The van der Waals surface area contributed by atoms with Crippen LogP contribution in [0.25, 0.3) is 21.8 Å². The number of piperazine rings is 1. The predicted molar refractivity (Wildman–Crippen MR) is 152 cm³/mol. The molecule has 1 aliphatic rings. The van der Waals surface area contributed by atoms with Crippen molar-refractivity contribution in [1.82, 2.24) is 19.3 Å². The first kappa shape index (κ1) is 25.3. The van der Waals surface area contributed by atoms with E-state index in [9.17, 15) is 4.79 Å². The minimum Gasteiger partial charge on any atom is -0.497 e. The minimum absolute atomic E-state index is 0.138. The van der Waals surface area contributed by atoms with Crippen molar-refractivity contribution in [3.8, 4) is 5.75 Å². The van der Waals surface area contributed by atoms with Crippen molar-refractivity contribution in [2.75, 3.05) is 60.5 Å². The Balaban J connectivity index is 1.27. The molecule has 4 aromatic rings. The number of para-hydroxylation sites is 1. The lowest BCUT2D eigenvalue weighted by molar-refractivity contribution is 0.0638. The van der Waals surface area contributed by atoms with Gasteiger partial charge in [0, 0.05) is 66.6 Å². The Morgan fingerprint density at radius 2 is 1.65 bits per heavy atom. The molecule has 194 valence electrons. The molecule has 1 aliphatic heterocycles. The molecule has 0 N–H and O–H groups in total. The number of benzene rings is 3. The van der Waals surface area contributed by atoms with E-state index in [2.05, 4.69) is 77.0 Å². The minimum atomic E-state index is 0.138. The quantitative estimate of drug-likeness (QED) is 0.334. The molecule has 6 heteroatoms. The second-order valence-electron chi connectivity index (χ2n) is 10.3. The highest BCUT2D eigenvalue weighted by atomic mass is 16.5. The van der Waals surface area contributed by atoms with Crippen LogP contribution < -0.4 is 4.74 Å². The fourth-order valence-electron chi connectivity index (χ4n) is 5.44. The molecule has 37 heavy (non-hydrogen) atoms. The Bertz CT molecular complexity index is 1370. The molecule has 1 amide bonds. The summed E-state index contributed by atoms with van der Waals surface area (Å²) in [5.74, 6) is 1.04. The third kappa shape index (κ3) is 5.65. The summed E-state index contributed by atoms with van der Waals surface area (Å²) in [6, 6.07) is 23.1. The first-order valence-corrected chi connectivity index (χ1v) is 13.3. The van der Waals surface area contributed by atoms with Crippen LogP contribution in [0.1, 0.15) is 22.3 Å². The monoisotopic (exact) mass is 498 g/mol. The van der Waals surface area contributed by atoms with Gasteiger partial charge in [-0.2, -0.15) is 0 Å². The summed E-state index contributed by atoms with van der Waals surface area (Å²) in [4.78, 5) is 20.2. The summed E-state index contributed by atoms with van der Waals surface area (Å²) in [5, 5.41) is 2.48. The summed E-state index contributed by atoms with van der Waals surface area (Å²) in [5.41, 5.74) is 4.47. The van der Waals surface area contributed by atoms with Crippen LogP contribution in [0.3, 0.4) is 0 Å². The van der Waals surface area contributed by atoms with Crippen LogP contribution in [-0.4, -0.2) is 85.6 Å². The fraction of sp³-hybridized carbons (Fsp3) is 0.387. The maximum Gasteiger partial charge on any atom is 0.254 e. The maximum atomic E-state index is 13.5. The molecule has 5 rings (SSSR count). The van der Waals surface area contributed by atoms with Crippen molar-refractivity contribution in [2.45, 2.75) is 19.4 Å². The van der Waals surface area contributed by atoms with E-state index in [1.54, 1.807) is 7.11 Å². The normalized spacial score (nSPS) is 14.6. The summed E-state index contributed by atoms with van der Waals surface area (Å²) in [7, 11) is 5.93. The van der Waals surface area contributed by atoms with Gasteiger partial charge in [-0.25, -0.2) is 0 Å². The number of carbonyl (C=O) groups excluding carboxylic acids is 1. The standard InChI is InChI=1S/C31H38N4O2/c1-32(2)15-7-16-35-29-11-5-4-10-27(29)28-13-12-25(23-30(28)35)31(36)34-20-18-33(19-21-34)17-14-24-8-6-9-26(22-24)37-3/h4-6,8-13,22-23H,7,14-21H2,1-3H3. The van der Waals surface area contributed by atoms with E-state index in [0.29, 0.717) is 0 Å². The highest BCUT2D eigenvalue weighted by Gasteiger charge is 2.23. The lowest BCUT2D eigenvalue weighted by Gasteiger charge is -2.34. The van der Waals surface area contributed by atoms with Gasteiger partial charge in [0.05, 0.1) is 7.11 Å². The molecule has 0 atom stereocenters. The lowest BCUT2D eigenvalue weighted by atomic mass is 10.1. The number of nitrogens with zero attached hydrogens (tertiary/aromatic N) is 4. The number of hydrogen-bond acceptors (Lipinski definition) is 4. The zero-order valence-corrected chi connectivity index (χ0v) is 22.3. The molecule has 2 heterocycles. The van der Waals surface area contributed by atoms with Gasteiger partial charge in [0.25, 0.3) is 5.91 Å². The summed E-state index contributed by atoms with van der Waals surface area (Å²) < 4.78 is 7.74. The predicted octanol–water partition coefficient (Wildman–Crippen LogP) is 4.76. The van der Waals surface area contributed by atoms with E-state index in [4.69, 9.17) is 4.74 Å². The number of carbonyl (C=O) groups is 1. The molecule has 0 unspecified atom stereocenters. The van der Waals surface area contributed by atoms with Crippen LogP contribution in [0.4, 0.5) is 0 Å². The SMILES string of the molecule is COc1cccc(CCN2CCN(C(=O)c3ccc4c5ccccc5n(CCCN(C)C)c4c3)CC2)c1. The summed E-state index contributed by atoms with van der Waals surface area (Å²) in [6.07, 6.45) is 2.05. The van der Waals surface area contributed by atoms with Crippen molar-refractivity contribution < 1.29 is 9.53 Å². The van der Waals surface area contributed by atoms with E-state index in [0.717, 1.165) is 75.5 Å².